The number of hydrogen-bond acceptors (Lipinski definition) is 6. The fourth-order valence-electron chi connectivity index (χ4n) is 2.35. The van der Waals surface area contributed by atoms with Gasteiger partial charge in [-0.15, -0.1) is 0 Å². The number of anilines is 1. The highest BCUT2D eigenvalue weighted by atomic mass is 16.5. The van der Waals surface area contributed by atoms with E-state index in [2.05, 4.69) is 15.3 Å². The highest BCUT2D eigenvalue weighted by Crippen LogP contribution is 2.10. The van der Waals surface area contributed by atoms with Crippen molar-refractivity contribution in [3.8, 4) is 0 Å². The van der Waals surface area contributed by atoms with Gasteiger partial charge in [-0.3, -0.25) is 4.79 Å². The molecule has 1 atom stereocenters. The van der Waals surface area contributed by atoms with E-state index in [4.69, 9.17) is 4.74 Å². The lowest BCUT2D eigenvalue weighted by Crippen LogP contribution is -2.52. The van der Waals surface area contributed by atoms with Crippen LogP contribution in [0.15, 0.2) is 18.5 Å². The number of esters is 1. The topological polar surface area (TPSA) is 87.7 Å². The molecular weight excluding hydrogens is 310 g/mol. The average Bonchev–Trinajstić information content (AvgIpc) is 2.59. The van der Waals surface area contributed by atoms with E-state index in [1.807, 2.05) is 4.90 Å². The van der Waals surface area contributed by atoms with Gasteiger partial charge < -0.3 is 19.9 Å². The maximum Gasteiger partial charge on any atom is 0.317 e. The van der Waals surface area contributed by atoms with Crippen LogP contribution in [-0.4, -0.2) is 65.7 Å². The first-order valence-electron chi connectivity index (χ1n) is 8.22. The molecular formula is C16H25N5O3. The molecule has 0 aromatic carbocycles. The van der Waals surface area contributed by atoms with Crippen molar-refractivity contribution >= 4 is 17.9 Å². The summed E-state index contributed by atoms with van der Waals surface area (Å²) in [5.74, 6) is 0.0225. The lowest BCUT2D eigenvalue weighted by molar-refractivity contribution is -0.151. The third kappa shape index (κ3) is 5.07. The van der Waals surface area contributed by atoms with Crippen molar-refractivity contribution in [2.45, 2.75) is 26.9 Å². The number of carbonyl (C=O) groups excluding carboxylic acids is 2. The van der Waals surface area contributed by atoms with E-state index < -0.39 is 0 Å². The van der Waals surface area contributed by atoms with E-state index in [-0.39, 0.29) is 30.6 Å². The zero-order valence-electron chi connectivity index (χ0n) is 14.4. The van der Waals surface area contributed by atoms with Crippen molar-refractivity contribution in [2.24, 2.45) is 5.92 Å². The molecule has 1 saturated heterocycles. The molecule has 1 aromatic heterocycles. The van der Waals surface area contributed by atoms with Gasteiger partial charge in [-0.1, -0.05) is 6.92 Å². The van der Waals surface area contributed by atoms with Gasteiger partial charge in [-0.25, -0.2) is 14.8 Å². The fourth-order valence-corrected chi connectivity index (χ4v) is 2.35. The Morgan fingerprint density at radius 2 is 1.79 bits per heavy atom. The number of urea groups is 1. The van der Waals surface area contributed by atoms with Gasteiger partial charge in [0.2, 0.25) is 5.95 Å². The van der Waals surface area contributed by atoms with E-state index >= 15 is 0 Å². The van der Waals surface area contributed by atoms with Crippen LogP contribution in [0.1, 0.15) is 20.8 Å². The summed E-state index contributed by atoms with van der Waals surface area (Å²) in [5, 5.41) is 2.80. The smallest absolute Gasteiger partial charge is 0.317 e. The van der Waals surface area contributed by atoms with E-state index in [9.17, 15) is 9.59 Å². The molecule has 2 rings (SSSR count). The maximum absolute atomic E-state index is 12.2. The van der Waals surface area contributed by atoms with Crippen molar-refractivity contribution in [3.63, 3.8) is 0 Å². The van der Waals surface area contributed by atoms with Gasteiger partial charge in [0.25, 0.3) is 0 Å². The van der Waals surface area contributed by atoms with Crippen LogP contribution >= 0.6 is 0 Å². The van der Waals surface area contributed by atoms with Gasteiger partial charge in [0.15, 0.2) is 0 Å². The van der Waals surface area contributed by atoms with Crippen LogP contribution in [0.2, 0.25) is 0 Å². The second-order valence-electron chi connectivity index (χ2n) is 6.10. The molecule has 1 unspecified atom stereocenters. The van der Waals surface area contributed by atoms with Crippen LogP contribution < -0.4 is 10.2 Å². The highest BCUT2D eigenvalue weighted by Gasteiger charge is 2.23. The average molecular weight is 335 g/mol. The van der Waals surface area contributed by atoms with Crippen LogP contribution in [0.4, 0.5) is 10.7 Å². The van der Waals surface area contributed by atoms with Crippen LogP contribution in [0.5, 0.6) is 0 Å². The minimum atomic E-state index is -0.365. The Balaban J connectivity index is 1.74. The van der Waals surface area contributed by atoms with Gasteiger partial charge in [0.1, 0.15) is 0 Å². The van der Waals surface area contributed by atoms with Gasteiger partial charge in [0.05, 0.1) is 12.0 Å². The molecule has 2 amide bonds. The zero-order valence-corrected chi connectivity index (χ0v) is 14.4. The Labute approximate surface area is 142 Å². The molecule has 8 heteroatoms. The summed E-state index contributed by atoms with van der Waals surface area (Å²) < 4.78 is 5.13. The number of carbonyl (C=O) groups is 2. The molecule has 8 nitrogen and oxygen atoms in total. The normalized spacial score (nSPS) is 16.0. The SMILES string of the molecule is CC(C)OC(=O)C(C)CNC(=O)N1CCN(c2ncccn2)CC1. The summed E-state index contributed by atoms with van der Waals surface area (Å²) in [7, 11) is 0. The van der Waals surface area contributed by atoms with Crippen molar-refractivity contribution < 1.29 is 14.3 Å². The van der Waals surface area contributed by atoms with Gasteiger partial charge in [0, 0.05) is 45.1 Å². The molecule has 2 heterocycles. The minimum absolute atomic E-state index is 0.149. The number of rotatable bonds is 5. The maximum atomic E-state index is 12.2. The van der Waals surface area contributed by atoms with Crippen molar-refractivity contribution in [1.29, 1.82) is 0 Å². The molecule has 1 fully saturated rings. The Bertz CT molecular complexity index is 544. The molecule has 0 radical (unpaired) electrons. The summed E-state index contributed by atoms with van der Waals surface area (Å²) in [4.78, 5) is 36.2. The molecule has 24 heavy (non-hydrogen) atoms. The first-order valence-corrected chi connectivity index (χ1v) is 8.22. The van der Waals surface area contributed by atoms with Crippen LogP contribution in [0.3, 0.4) is 0 Å². The Kier molecular flexibility index (Phi) is 6.34. The van der Waals surface area contributed by atoms with E-state index in [0.29, 0.717) is 32.1 Å². The first-order chi connectivity index (χ1) is 11.5. The van der Waals surface area contributed by atoms with Crippen LogP contribution in [0.25, 0.3) is 0 Å². The number of amides is 2. The van der Waals surface area contributed by atoms with Crippen LogP contribution in [-0.2, 0) is 9.53 Å². The number of piperazine rings is 1. The summed E-state index contributed by atoms with van der Waals surface area (Å²) in [5.41, 5.74) is 0. The lowest BCUT2D eigenvalue weighted by Gasteiger charge is -2.34. The summed E-state index contributed by atoms with van der Waals surface area (Å²) in [6.07, 6.45) is 3.27. The quantitative estimate of drug-likeness (QED) is 0.804. The first kappa shape index (κ1) is 18.0. The summed E-state index contributed by atoms with van der Waals surface area (Å²) in [6.45, 7) is 8.18. The standard InChI is InChI=1S/C16H25N5O3/c1-12(2)24-14(22)13(3)11-19-16(23)21-9-7-20(8-10-21)15-17-5-4-6-18-15/h4-6,12-13H,7-11H2,1-3H3,(H,19,23). The van der Waals surface area contributed by atoms with Crippen molar-refractivity contribution in [2.75, 3.05) is 37.6 Å². The number of hydrogen-bond donors (Lipinski definition) is 1. The monoisotopic (exact) mass is 335 g/mol. The van der Waals surface area contributed by atoms with Crippen molar-refractivity contribution in [1.82, 2.24) is 20.2 Å². The highest BCUT2D eigenvalue weighted by molar-refractivity contribution is 5.76. The van der Waals surface area contributed by atoms with E-state index in [1.165, 1.54) is 0 Å². The molecule has 1 N–H and O–H groups in total. The fraction of sp³-hybridized carbons (Fsp3) is 0.625. The molecule has 1 aliphatic heterocycles. The Hall–Kier alpha value is -2.38. The van der Waals surface area contributed by atoms with Gasteiger partial charge >= 0.3 is 12.0 Å². The molecule has 132 valence electrons. The largest absolute Gasteiger partial charge is 0.463 e. The molecule has 0 spiro atoms. The number of aromatic nitrogens is 2. The molecule has 1 aliphatic rings. The molecule has 0 bridgehead atoms. The zero-order chi connectivity index (χ0) is 17.5. The van der Waals surface area contributed by atoms with Gasteiger partial charge in [-0.05, 0) is 19.9 Å². The van der Waals surface area contributed by atoms with E-state index in [1.54, 1.807) is 44.1 Å². The lowest BCUT2D eigenvalue weighted by atomic mass is 10.2. The predicted octanol–water partition coefficient (Wildman–Crippen LogP) is 0.896. The molecule has 1 aromatic rings. The predicted molar refractivity (Wildman–Crippen MR) is 89.6 cm³/mol. The van der Waals surface area contributed by atoms with Gasteiger partial charge in [-0.2, -0.15) is 0 Å². The molecule has 0 saturated carbocycles. The summed E-state index contributed by atoms with van der Waals surface area (Å²) in [6, 6.07) is 1.62. The second-order valence-corrected chi connectivity index (χ2v) is 6.10. The Morgan fingerprint density at radius 1 is 1.17 bits per heavy atom. The third-order valence-corrected chi connectivity index (χ3v) is 3.72. The number of ether oxygens (including phenoxy) is 1. The van der Waals surface area contributed by atoms with Crippen LogP contribution in [0, 0.1) is 5.92 Å². The van der Waals surface area contributed by atoms with E-state index in [0.717, 1.165) is 0 Å². The number of nitrogens with zero attached hydrogens (tertiary/aromatic N) is 4. The number of nitrogens with one attached hydrogen (secondary N) is 1. The molecule has 0 aliphatic carbocycles. The second kappa shape index (κ2) is 8.47. The van der Waals surface area contributed by atoms with Crippen molar-refractivity contribution in [3.05, 3.63) is 18.5 Å². The third-order valence-electron chi connectivity index (χ3n) is 3.72. The Morgan fingerprint density at radius 3 is 2.38 bits per heavy atom. The summed E-state index contributed by atoms with van der Waals surface area (Å²) >= 11 is 0. The minimum Gasteiger partial charge on any atom is -0.463 e.